The predicted octanol–water partition coefficient (Wildman–Crippen LogP) is 2.55. The normalized spacial score (nSPS) is 25.8. The molecule has 1 heterocycles. The van der Waals surface area contributed by atoms with E-state index in [0.29, 0.717) is 25.6 Å². The summed E-state index contributed by atoms with van der Waals surface area (Å²) in [5.74, 6) is 1.17. The van der Waals surface area contributed by atoms with Crippen LogP contribution >= 0.6 is 0 Å². The lowest BCUT2D eigenvalue weighted by molar-refractivity contribution is -0.0837. The first-order chi connectivity index (χ1) is 10.5. The average Bonchev–Trinajstić information content (AvgIpc) is 3.28. The summed E-state index contributed by atoms with van der Waals surface area (Å²) in [6.45, 7) is 10.1. The topological polar surface area (TPSA) is 59.6 Å². The Kier molecular flexibility index (Phi) is 6.50. The summed E-state index contributed by atoms with van der Waals surface area (Å²) >= 11 is 0. The van der Waals surface area contributed by atoms with Crippen molar-refractivity contribution in [3.05, 3.63) is 0 Å². The maximum Gasteiger partial charge on any atom is 0.314 e. The molecule has 1 saturated heterocycles. The first-order valence-corrected chi connectivity index (χ1v) is 8.68. The fraction of sp³-hybridized carbons (Fsp3) is 0.941. The summed E-state index contributed by atoms with van der Waals surface area (Å²) in [6, 6.07) is -0.103. The van der Waals surface area contributed by atoms with Crippen LogP contribution in [0, 0.1) is 17.3 Å². The molecule has 0 radical (unpaired) electrons. The Bertz CT molecular complexity index is 350. The molecular formula is C17H32N2O3. The number of amides is 2. The molecule has 1 saturated carbocycles. The second kappa shape index (κ2) is 8.16. The van der Waals surface area contributed by atoms with Gasteiger partial charge in [0.05, 0.1) is 12.7 Å². The molecule has 0 spiro atoms. The van der Waals surface area contributed by atoms with Crippen LogP contribution in [-0.2, 0) is 9.47 Å². The van der Waals surface area contributed by atoms with Gasteiger partial charge in [0.25, 0.3) is 0 Å². The van der Waals surface area contributed by atoms with E-state index in [1.54, 1.807) is 0 Å². The molecule has 1 aliphatic heterocycles. The first kappa shape index (κ1) is 17.5. The number of carbonyl (C=O) groups excluding carboxylic acids is 1. The molecule has 2 unspecified atom stereocenters. The highest BCUT2D eigenvalue weighted by molar-refractivity contribution is 5.73. The maximum atomic E-state index is 11.8. The number of rotatable bonds is 7. The molecule has 1 aliphatic carbocycles. The van der Waals surface area contributed by atoms with E-state index < -0.39 is 0 Å². The third-order valence-electron chi connectivity index (χ3n) is 4.41. The lowest BCUT2D eigenvalue weighted by atomic mass is 9.78. The van der Waals surface area contributed by atoms with Crippen LogP contribution < -0.4 is 10.6 Å². The third-order valence-corrected chi connectivity index (χ3v) is 4.41. The predicted molar refractivity (Wildman–Crippen MR) is 86.9 cm³/mol. The van der Waals surface area contributed by atoms with Crippen LogP contribution in [0.3, 0.4) is 0 Å². The molecule has 2 aliphatic rings. The fourth-order valence-corrected chi connectivity index (χ4v) is 3.07. The van der Waals surface area contributed by atoms with E-state index in [1.165, 1.54) is 12.8 Å². The molecule has 2 atom stereocenters. The summed E-state index contributed by atoms with van der Waals surface area (Å²) in [7, 11) is 0. The van der Waals surface area contributed by atoms with Crippen LogP contribution in [0.25, 0.3) is 0 Å². The lowest BCUT2D eigenvalue weighted by Crippen LogP contribution is -2.47. The summed E-state index contributed by atoms with van der Waals surface area (Å²) in [6.07, 6.45) is 5.00. The van der Waals surface area contributed by atoms with Crippen molar-refractivity contribution in [1.82, 2.24) is 10.6 Å². The number of ether oxygens (including phenoxy) is 2. The van der Waals surface area contributed by atoms with E-state index in [-0.39, 0.29) is 17.6 Å². The van der Waals surface area contributed by atoms with Crippen molar-refractivity contribution in [2.45, 2.75) is 52.6 Å². The minimum absolute atomic E-state index is 0.103. The van der Waals surface area contributed by atoms with Crippen LogP contribution in [0.4, 0.5) is 4.79 Å². The van der Waals surface area contributed by atoms with Crippen molar-refractivity contribution in [2.24, 2.45) is 17.3 Å². The summed E-state index contributed by atoms with van der Waals surface area (Å²) in [4.78, 5) is 11.8. The summed E-state index contributed by atoms with van der Waals surface area (Å²) < 4.78 is 11.4. The van der Waals surface area contributed by atoms with Crippen LogP contribution in [0.5, 0.6) is 0 Å². The fourth-order valence-electron chi connectivity index (χ4n) is 3.07. The van der Waals surface area contributed by atoms with E-state index in [9.17, 15) is 4.79 Å². The van der Waals surface area contributed by atoms with Crippen LogP contribution in [-0.4, -0.2) is 45.0 Å². The minimum Gasteiger partial charge on any atom is -0.379 e. The first-order valence-electron chi connectivity index (χ1n) is 8.68. The van der Waals surface area contributed by atoms with Gasteiger partial charge < -0.3 is 20.1 Å². The van der Waals surface area contributed by atoms with Crippen LogP contribution in [0.1, 0.15) is 46.5 Å². The molecule has 0 aromatic carbocycles. The zero-order valence-electron chi connectivity index (χ0n) is 14.3. The second-order valence-electron chi connectivity index (χ2n) is 7.71. The quantitative estimate of drug-likeness (QED) is 0.710. The van der Waals surface area contributed by atoms with Gasteiger partial charge in [-0.2, -0.15) is 0 Å². The summed E-state index contributed by atoms with van der Waals surface area (Å²) in [5, 5.41) is 5.83. The highest BCUT2D eigenvalue weighted by Gasteiger charge is 2.35. The van der Waals surface area contributed by atoms with Gasteiger partial charge in [0.15, 0.2) is 0 Å². The second-order valence-corrected chi connectivity index (χ2v) is 7.71. The van der Waals surface area contributed by atoms with Crippen molar-refractivity contribution < 1.29 is 14.3 Å². The Balaban J connectivity index is 1.59. The molecule has 2 rings (SSSR count). The molecule has 0 bridgehead atoms. The Morgan fingerprint density at radius 1 is 1.23 bits per heavy atom. The Labute approximate surface area is 134 Å². The lowest BCUT2D eigenvalue weighted by Gasteiger charge is -2.40. The highest BCUT2D eigenvalue weighted by Crippen LogP contribution is 2.33. The molecule has 5 heteroatoms. The molecule has 128 valence electrons. The minimum atomic E-state index is -0.103. The average molecular weight is 312 g/mol. The van der Waals surface area contributed by atoms with Gasteiger partial charge in [-0.1, -0.05) is 20.8 Å². The standard InChI is InChI=1S/C17H32N2O3/c1-17(2,3)15-14(5-4-9-22-15)11-19-16(20)18-8-10-21-12-13-6-7-13/h13-15H,4-12H2,1-3H3,(H2,18,19,20). The third kappa shape index (κ3) is 6.13. The van der Waals surface area contributed by atoms with Crippen molar-refractivity contribution in [3.63, 3.8) is 0 Å². The van der Waals surface area contributed by atoms with E-state index in [0.717, 1.165) is 32.0 Å². The van der Waals surface area contributed by atoms with Crippen molar-refractivity contribution in [1.29, 1.82) is 0 Å². The van der Waals surface area contributed by atoms with Gasteiger partial charge in [0.2, 0.25) is 0 Å². The zero-order chi connectivity index (χ0) is 16.0. The number of urea groups is 1. The molecule has 22 heavy (non-hydrogen) atoms. The number of hydrogen-bond donors (Lipinski definition) is 2. The van der Waals surface area contributed by atoms with E-state index >= 15 is 0 Å². The number of hydrogen-bond acceptors (Lipinski definition) is 3. The molecule has 2 N–H and O–H groups in total. The van der Waals surface area contributed by atoms with Crippen LogP contribution in [0.15, 0.2) is 0 Å². The van der Waals surface area contributed by atoms with Gasteiger partial charge in [0, 0.05) is 32.2 Å². The molecular weight excluding hydrogens is 280 g/mol. The smallest absolute Gasteiger partial charge is 0.314 e. The Morgan fingerprint density at radius 3 is 2.68 bits per heavy atom. The van der Waals surface area contributed by atoms with Crippen molar-refractivity contribution in [2.75, 3.05) is 32.9 Å². The molecule has 0 aromatic heterocycles. The van der Waals surface area contributed by atoms with Crippen molar-refractivity contribution >= 4 is 6.03 Å². The molecule has 0 aromatic rings. The van der Waals surface area contributed by atoms with Gasteiger partial charge >= 0.3 is 6.03 Å². The van der Waals surface area contributed by atoms with Gasteiger partial charge in [-0.05, 0) is 37.0 Å². The summed E-state index contributed by atoms with van der Waals surface area (Å²) in [5.41, 5.74) is 0.111. The molecule has 5 nitrogen and oxygen atoms in total. The van der Waals surface area contributed by atoms with Gasteiger partial charge in [-0.3, -0.25) is 0 Å². The largest absolute Gasteiger partial charge is 0.379 e. The molecule has 2 amide bonds. The zero-order valence-corrected chi connectivity index (χ0v) is 14.3. The molecule has 2 fully saturated rings. The van der Waals surface area contributed by atoms with E-state index in [2.05, 4.69) is 31.4 Å². The number of carbonyl (C=O) groups is 1. The van der Waals surface area contributed by atoms with E-state index in [4.69, 9.17) is 9.47 Å². The monoisotopic (exact) mass is 312 g/mol. The van der Waals surface area contributed by atoms with Crippen molar-refractivity contribution in [3.8, 4) is 0 Å². The Morgan fingerprint density at radius 2 is 2.00 bits per heavy atom. The SMILES string of the molecule is CC(C)(C)C1OCCCC1CNC(=O)NCCOCC1CC1. The van der Waals surface area contributed by atoms with Crippen LogP contribution in [0.2, 0.25) is 0 Å². The highest BCUT2D eigenvalue weighted by atomic mass is 16.5. The van der Waals surface area contributed by atoms with E-state index in [1.807, 2.05) is 0 Å². The Hall–Kier alpha value is -0.810. The van der Waals surface area contributed by atoms with Gasteiger partial charge in [0.1, 0.15) is 0 Å². The van der Waals surface area contributed by atoms with Gasteiger partial charge in [-0.25, -0.2) is 4.79 Å². The maximum absolute atomic E-state index is 11.8. The number of nitrogens with one attached hydrogen (secondary N) is 2. The van der Waals surface area contributed by atoms with Gasteiger partial charge in [-0.15, -0.1) is 0 Å².